The zero-order chi connectivity index (χ0) is 88.2. The van der Waals surface area contributed by atoms with Gasteiger partial charge in [0.15, 0.2) is 45.6 Å². The van der Waals surface area contributed by atoms with E-state index in [2.05, 4.69) is 68.8 Å². The molecule has 6 rings (SSSR count). The molecular weight excluding hydrogens is 1730 g/mol. The highest BCUT2D eigenvalue weighted by Gasteiger charge is 2.53. The Hall–Kier alpha value is -4.88. The Kier molecular flexibility index (Phi) is 38.1. The van der Waals surface area contributed by atoms with Gasteiger partial charge in [-0.15, -0.1) is 0 Å². The number of hydrogen-bond acceptors (Lipinski definition) is 36. The van der Waals surface area contributed by atoms with E-state index in [0.717, 1.165) is 122 Å². The van der Waals surface area contributed by atoms with Gasteiger partial charge in [-0.3, -0.25) is 65.0 Å². The molecule has 2 aliphatic heterocycles. The number of amides is 4. The predicted octanol–water partition coefficient (Wildman–Crippen LogP) is 3.08. The van der Waals surface area contributed by atoms with Crippen LogP contribution in [0.3, 0.4) is 0 Å². The molecule has 48 nitrogen and oxygen atoms in total. The van der Waals surface area contributed by atoms with Crippen LogP contribution in [0.25, 0.3) is 22.3 Å². The molecule has 118 heavy (non-hydrogen) atoms. The summed E-state index contributed by atoms with van der Waals surface area (Å²) in [6.45, 7) is 8.69. The van der Waals surface area contributed by atoms with Gasteiger partial charge in [0, 0.05) is 74.2 Å². The second-order valence-corrected chi connectivity index (χ2v) is 41.4. The van der Waals surface area contributed by atoms with Crippen LogP contribution in [0.5, 0.6) is 0 Å². The molecule has 56 heteroatoms. The van der Waals surface area contributed by atoms with Crippen molar-refractivity contribution in [2.75, 3.05) is 75.6 Å². The molecule has 4 aromatic heterocycles. The molecule has 0 spiro atoms. The molecule has 2 fully saturated rings. The minimum Gasteiger partial charge on any atom is -0.386 e. The first-order chi connectivity index (χ1) is 54.6. The van der Waals surface area contributed by atoms with Crippen LogP contribution in [0, 0.1) is 21.7 Å². The Morgan fingerprint density at radius 3 is 1.16 bits per heavy atom. The number of nitrogens with one attached hydrogen (secondary N) is 4. The number of aromatic nitrogens is 8. The number of phosphoric ester groups is 6. The number of fused-ring (bicyclic) bond motifs is 2. The number of hydrogen-bond donors (Lipinski definition) is 18. The fourth-order valence-corrected chi connectivity index (χ4v) is 19.4. The Morgan fingerprint density at radius 1 is 0.492 bits per heavy atom. The highest BCUT2D eigenvalue weighted by Crippen LogP contribution is 2.63. The van der Waals surface area contributed by atoms with E-state index in [9.17, 15) is 116 Å². The van der Waals surface area contributed by atoms with Crippen LogP contribution in [0.1, 0.15) is 158 Å². The van der Waals surface area contributed by atoms with E-state index in [4.69, 9.17) is 39.0 Å². The molecule has 0 saturated carbocycles. The van der Waals surface area contributed by atoms with Crippen molar-refractivity contribution in [1.82, 2.24) is 60.3 Å². The van der Waals surface area contributed by atoms with Crippen molar-refractivity contribution >= 4 is 138 Å². The minimum atomic E-state index is -5.63. The van der Waals surface area contributed by atoms with Gasteiger partial charge in [-0.1, -0.05) is 130 Å². The number of anilines is 2. The standard InChI is InChI=1S/C62H106N14O34P6S2/c1-59(2,27-41(79)117-25-23-65-39(77)17-21-67-55(85)49(83)61(5,6)31-103-115(97,98)109-113(93,94)101-29-37-47(107-111(87,88)89)45(81)57(105-37)75-35-73-43-51(63)69-33-71-53(43)75)19-15-13-11-9-10-12-14-16-20-60(3,4)28-42(80)118-26-24-66-40(78)18-22-68-56(86)50(84)62(7,8)32-104-116(99,100)110-114(95,96)102-30-38-48(108-112(90,91)92)46(82)58(106-38)76-36-74-44-52(64)70-34-72-54(44)76/h33-38,45-50,57-58,81-84H,9-32H2,1-8H3,(H,65,77)(H,66,78)(H,67,85)(H,68,86)(H,93,94)(H,95,96)(H,97,98)(H,99,100)(H2,63,69,71)(H2,64,70,72)(H2,87,88,89)(H2,90,91,92)/t37-,38-,45-,46-,47-,48-,49+,50+,57-,58-/m1/s1. The van der Waals surface area contributed by atoms with Crippen LogP contribution in [0.2, 0.25) is 0 Å². The lowest BCUT2D eigenvalue weighted by Gasteiger charge is -2.30. The first kappa shape index (κ1) is 102. The largest absolute Gasteiger partial charge is 0.481 e. The molecule has 2 aliphatic rings. The van der Waals surface area contributed by atoms with Gasteiger partial charge in [-0.25, -0.2) is 57.3 Å². The highest BCUT2D eigenvalue weighted by atomic mass is 32.2. The summed E-state index contributed by atoms with van der Waals surface area (Å²) in [7, 11) is -33.1. The normalized spacial score (nSPS) is 21.6. The third-order valence-electron chi connectivity index (χ3n) is 18.2. The van der Waals surface area contributed by atoms with Crippen molar-refractivity contribution in [3.63, 3.8) is 0 Å². The summed E-state index contributed by atoms with van der Waals surface area (Å²) >= 11 is 2.18. The molecule has 0 aliphatic carbocycles. The monoisotopic (exact) mass is 1840 g/mol. The third-order valence-corrected chi connectivity index (χ3v) is 26.2. The average Bonchev–Trinajstić information content (AvgIpc) is 1.62. The number of thioether (sulfide) groups is 2. The van der Waals surface area contributed by atoms with Crippen LogP contribution in [0.4, 0.5) is 11.6 Å². The maximum Gasteiger partial charge on any atom is 0.481 e. The quantitative estimate of drug-likeness (QED) is 0.0223. The molecule has 20 N–H and O–H groups in total. The van der Waals surface area contributed by atoms with Crippen LogP contribution in [-0.4, -0.2) is 245 Å². The lowest BCUT2D eigenvalue weighted by Crippen LogP contribution is -2.46. The molecule has 2 saturated heterocycles. The summed E-state index contributed by atoms with van der Waals surface area (Å²) in [5, 5.41) is 53.5. The van der Waals surface area contributed by atoms with Gasteiger partial charge in [-0.2, -0.15) is 8.62 Å². The highest BCUT2D eigenvalue weighted by molar-refractivity contribution is 8.13. The lowest BCUT2D eigenvalue weighted by atomic mass is 9.83. The van der Waals surface area contributed by atoms with Gasteiger partial charge in [0.25, 0.3) is 0 Å². The Morgan fingerprint density at radius 2 is 0.822 bits per heavy atom. The second-order valence-electron chi connectivity index (χ2n) is 30.6. The number of unbranched alkanes of at least 4 members (excludes halogenated alkanes) is 7. The number of nitrogens with two attached hydrogens (primary N) is 2. The molecule has 4 unspecified atom stereocenters. The zero-order valence-electron chi connectivity index (χ0n) is 65.6. The number of carbonyl (C=O) groups is 6. The number of aliphatic hydroxyl groups excluding tert-OH is 4. The molecule has 14 atom stereocenters. The molecule has 0 radical (unpaired) electrons. The topological polar surface area (TPSA) is 727 Å². The summed E-state index contributed by atoms with van der Waals surface area (Å²) in [6.07, 6.45) is -3.91. The molecule has 6 heterocycles. The van der Waals surface area contributed by atoms with Gasteiger partial charge in [0.05, 0.1) is 39.1 Å². The van der Waals surface area contributed by atoms with E-state index in [1.165, 1.54) is 27.7 Å². The molecule has 670 valence electrons. The van der Waals surface area contributed by atoms with Gasteiger partial charge in [0.2, 0.25) is 23.6 Å². The lowest BCUT2D eigenvalue weighted by molar-refractivity contribution is -0.137. The fraction of sp³-hybridized carbons (Fsp3) is 0.742. The maximum atomic E-state index is 12.9. The number of nitrogen functional groups attached to an aromatic ring is 2. The number of imidazole rings is 2. The first-order valence-corrected chi connectivity index (χ1v) is 47.7. The van der Waals surface area contributed by atoms with Crippen LogP contribution in [-0.2, 0) is 101 Å². The second kappa shape index (κ2) is 44.1. The maximum absolute atomic E-state index is 12.9. The minimum absolute atomic E-state index is 0.00810. The van der Waals surface area contributed by atoms with E-state index >= 15 is 0 Å². The third kappa shape index (κ3) is 33.6. The van der Waals surface area contributed by atoms with E-state index < -0.39 is 169 Å². The fourth-order valence-electron chi connectivity index (χ4n) is 11.9. The van der Waals surface area contributed by atoms with E-state index in [1.54, 1.807) is 0 Å². The number of phosphoric acid groups is 6. The molecule has 4 aromatic rings. The number of ether oxygens (including phenoxy) is 2. The van der Waals surface area contributed by atoms with Crippen molar-refractivity contribution in [2.24, 2.45) is 21.7 Å². The van der Waals surface area contributed by atoms with Crippen molar-refractivity contribution in [3.8, 4) is 0 Å². The molecule has 0 bridgehead atoms. The Balaban J connectivity index is 0.736. The van der Waals surface area contributed by atoms with Gasteiger partial charge >= 0.3 is 46.9 Å². The molecule has 4 amide bonds. The summed E-state index contributed by atoms with van der Waals surface area (Å²) in [6, 6.07) is 0. The SMILES string of the molecule is CC(C)(CCCCCCCCCCC(C)(C)CC(=O)SCCNC(=O)CCNC(=O)[C@H](O)C(C)(C)COP(=O)(O)OP(=O)(O)OC[C@H]1O[C@@H](n2cnc3c(N)ncnc32)[C@H](O)[C@@H]1OP(=O)(O)O)CC(=O)SCCNC(=O)CCNC(=O)[C@H](O)C(C)(C)COP(=O)(O)OP(=O)(O)OC[C@H]1O[C@@H](n2cnc3c(N)ncnc32)[C@H](O)[C@@H]1OP(=O)(O)O. The van der Waals surface area contributed by atoms with Crippen LogP contribution in [0.15, 0.2) is 25.3 Å². The summed E-state index contributed by atoms with van der Waals surface area (Å²) < 4.78 is 126. The van der Waals surface area contributed by atoms with E-state index in [0.29, 0.717) is 24.3 Å². The van der Waals surface area contributed by atoms with Crippen molar-refractivity contribution in [1.29, 1.82) is 0 Å². The van der Waals surface area contributed by atoms with Crippen LogP contribution >= 0.6 is 70.5 Å². The number of carbonyl (C=O) groups excluding carboxylic acids is 6. The summed E-state index contributed by atoms with van der Waals surface area (Å²) in [4.78, 5) is 180. The van der Waals surface area contributed by atoms with E-state index in [1.807, 2.05) is 27.7 Å². The molecular formula is C62H106N14O34P6S2. The van der Waals surface area contributed by atoms with Crippen LogP contribution < -0.4 is 32.7 Å². The predicted molar refractivity (Wildman–Crippen MR) is 417 cm³/mol. The first-order valence-electron chi connectivity index (χ1n) is 36.7. The summed E-state index contributed by atoms with van der Waals surface area (Å²) in [5.41, 5.74) is 7.90. The van der Waals surface area contributed by atoms with Gasteiger partial charge in [0.1, 0.15) is 72.5 Å². The molecule has 0 aromatic carbocycles. The Bertz CT molecular complexity index is 4100. The van der Waals surface area contributed by atoms with Gasteiger partial charge < -0.3 is 102 Å². The number of rotatable bonds is 53. The average molecular weight is 1840 g/mol. The van der Waals surface area contributed by atoms with Gasteiger partial charge in [-0.05, 0) is 23.7 Å². The smallest absolute Gasteiger partial charge is 0.386 e. The number of aliphatic hydroxyl groups is 4. The summed E-state index contributed by atoms with van der Waals surface area (Å²) in [5.74, 6) is -2.52. The van der Waals surface area contributed by atoms with Crippen molar-refractivity contribution in [3.05, 3.63) is 25.3 Å². The Labute approximate surface area is 685 Å². The van der Waals surface area contributed by atoms with E-state index in [-0.39, 0.29) is 94.0 Å². The zero-order valence-corrected chi connectivity index (χ0v) is 72.6. The van der Waals surface area contributed by atoms with Crippen molar-refractivity contribution in [2.45, 2.75) is 207 Å². The van der Waals surface area contributed by atoms with Crippen molar-refractivity contribution < 1.29 is 161 Å². The number of nitrogens with zero attached hydrogens (tertiary/aromatic N) is 8.